The van der Waals surface area contributed by atoms with E-state index in [1.165, 1.54) is 5.56 Å². The highest BCUT2D eigenvalue weighted by Crippen LogP contribution is 2.42. The number of ether oxygens (including phenoxy) is 3. The molecule has 0 aliphatic carbocycles. The van der Waals surface area contributed by atoms with Gasteiger partial charge in [0.1, 0.15) is 11.3 Å². The SMILES string of the molecule is COc1nnn(C)c1-c1cnc2c3ccc(-c4c(OC)nnn4C)nc3n([C@H](c3ccccc3)C3CCOCC3)c2c1. The second kappa shape index (κ2) is 10.5. The molecule has 6 aromatic rings. The first kappa shape index (κ1) is 26.1. The molecule has 0 bridgehead atoms. The molecule has 42 heavy (non-hydrogen) atoms. The fourth-order valence-electron chi connectivity index (χ4n) is 6.17. The normalized spacial score (nSPS) is 15.0. The van der Waals surface area contributed by atoms with Gasteiger partial charge in [0.15, 0.2) is 5.69 Å². The minimum Gasteiger partial charge on any atom is -0.478 e. The van der Waals surface area contributed by atoms with E-state index < -0.39 is 0 Å². The van der Waals surface area contributed by atoms with E-state index in [2.05, 4.69) is 67.7 Å². The molecule has 1 aliphatic rings. The molecule has 0 unspecified atom stereocenters. The van der Waals surface area contributed by atoms with Gasteiger partial charge in [-0.1, -0.05) is 51.0 Å². The summed E-state index contributed by atoms with van der Waals surface area (Å²) < 4.78 is 22.6. The van der Waals surface area contributed by atoms with Crippen molar-refractivity contribution in [3.05, 3.63) is 60.3 Å². The van der Waals surface area contributed by atoms with Crippen LogP contribution in [0.1, 0.15) is 24.4 Å². The van der Waals surface area contributed by atoms with Crippen LogP contribution in [0.25, 0.3) is 44.7 Å². The minimum absolute atomic E-state index is 0.00647. The van der Waals surface area contributed by atoms with Gasteiger partial charge in [-0.2, -0.15) is 0 Å². The molecule has 0 spiro atoms. The Hall–Kier alpha value is -4.84. The van der Waals surface area contributed by atoms with Crippen molar-refractivity contribution in [2.45, 2.75) is 18.9 Å². The molecule has 1 aliphatic heterocycles. The van der Waals surface area contributed by atoms with Crippen molar-refractivity contribution in [3.63, 3.8) is 0 Å². The summed E-state index contributed by atoms with van der Waals surface area (Å²) in [5.74, 6) is 1.20. The number of hydrogen-bond donors (Lipinski definition) is 0. The Morgan fingerprint density at radius 3 is 2.29 bits per heavy atom. The van der Waals surface area contributed by atoms with Crippen LogP contribution in [0.2, 0.25) is 0 Å². The van der Waals surface area contributed by atoms with Crippen LogP contribution in [-0.2, 0) is 18.8 Å². The monoisotopic (exact) mass is 565 g/mol. The predicted octanol–water partition coefficient (Wildman–Crippen LogP) is 4.21. The molecule has 6 heterocycles. The summed E-state index contributed by atoms with van der Waals surface area (Å²) in [5, 5.41) is 17.7. The Morgan fingerprint density at radius 2 is 1.57 bits per heavy atom. The summed E-state index contributed by atoms with van der Waals surface area (Å²) in [6.45, 7) is 1.45. The van der Waals surface area contributed by atoms with Gasteiger partial charge >= 0.3 is 0 Å². The van der Waals surface area contributed by atoms with E-state index >= 15 is 0 Å². The van der Waals surface area contributed by atoms with Crippen LogP contribution in [0.4, 0.5) is 0 Å². The van der Waals surface area contributed by atoms with Crippen LogP contribution < -0.4 is 9.47 Å². The van der Waals surface area contributed by atoms with E-state index in [9.17, 15) is 0 Å². The number of pyridine rings is 2. The van der Waals surface area contributed by atoms with Crippen LogP contribution in [-0.4, -0.2) is 72.0 Å². The number of nitrogens with zero attached hydrogens (tertiary/aromatic N) is 9. The third-order valence-corrected chi connectivity index (χ3v) is 8.11. The molecule has 5 aromatic heterocycles. The summed E-state index contributed by atoms with van der Waals surface area (Å²) in [4.78, 5) is 10.3. The van der Waals surface area contributed by atoms with Gasteiger partial charge in [0, 0.05) is 44.5 Å². The lowest BCUT2D eigenvalue weighted by molar-refractivity contribution is 0.0552. The first-order valence-corrected chi connectivity index (χ1v) is 13.9. The molecule has 1 aromatic carbocycles. The fourth-order valence-corrected chi connectivity index (χ4v) is 6.17. The molecule has 0 amide bonds. The Morgan fingerprint density at radius 1 is 0.881 bits per heavy atom. The van der Waals surface area contributed by atoms with Crippen molar-refractivity contribution >= 4 is 22.1 Å². The fraction of sp³-hybridized carbons (Fsp3) is 0.333. The van der Waals surface area contributed by atoms with Gasteiger partial charge in [0.05, 0.1) is 37.0 Å². The molecule has 0 N–H and O–H groups in total. The first-order valence-electron chi connectivity index (χ1n) is 13.9. The Balaban J connectivity index is 1.55. The van der Waals surface area contributed by atoms with Crippen molar-refractivity contribution in [3.8, 4) is 34.4 Å². The molecule has 214 valence electrons. The van der Waals surface area contributed by atoms with Crippen LogP contribution in [0.5, 0.6) is 11.8 Å². The van der Waals surface area contributed by atoms with Crippen LogP contribution in [0, 0.1) is 5.92 Å². The number of aryl methyl sites for hydroxylation is 2. The zero-order valence-corrected chi connectivity index (χ0v) is 23.9. The molecule has 12 nitrogen and oxygen atoms in total. The van der Waals surface area contributed by atoms with Crippen molar-refractivity contribution in [1.29, 1.82) is 0 Å². The largest absolute Gasteiger partial charge is 0.478 e. The van der Waals surface area contributed by atoms with Crippen molar-refractivity contribution in [2.24, 2.45) is 20.0 Å². The number of benzene rings is 1. The third kappa shape index (κ3) is 4.17. The highest BCUT2D eigenvalue weighted by molar-refractivity contribution is 6.06. The van der Waals surface area contributed by atoms with E-state index in [0.29, 0.717) is 29.1 Å². The molecule has 1 fully saturated rings. The lowest BCUT2D eigenvalue weighted by atomic mass is 9.86. The van der Waals surface area contributed by atoms with E-state index in [0.717, 1.165) is 59.4 Å². The van der Waals surface area contributed by atoms with E-state index in [1.54, 1.807) is 23.6 Å². The molecule has 12 heteroatoms. The van der Waals surface area contributed by atoms with Crippen LogP contribution in [0.3, 0.4) is 0 Å². The zero-order valence-electron chi connectivity index (χ0n) is 23.9. The van der Waals surface area contributed by atoms with Gasteiger partial charge < -0.3 is 18.8 Å². The van der Waals surface area contributed by atoms with Gasteiger partial charge in [0.2, 0.25) is 0 Å². The van der Waals surface area contributed by atoms with Gasteiger partial charge in [0.25, 0.3) is 11.8 Å². The van der Waals surface area contributed by atoms with Gasteiger partial charge in [-0.25, -0.2) is 14.3 Å². The quantitative estimate of drug-likeness (QED) is 0.280. The number of aromatic nitrogens is 9. The number of rotatable bonds is 7. The number of methoxy groups -OCH3 is 2. The molecule has 7 rings (SSSR count). The lowest BCUT2D eigenvalue weighted by Gasteiger charge is -2.32. The Bertz CT molecular complexity index is 1780. The average Bonchev–Trinajstić information content (AvgIpc) is 3.70. The van der Waals surface area contributed by atoms with Crippen molar-refractivity contribution in [1.82, 2.24) is 44.5 Å². The molecule has 1 saturated heterocycles. The molecular formula is C30H31N9O3. The number of hydrogen-bond acceptors (Lipinski definition) is 9. The van der Waals surface area contributed by atoms with Crippen LogP contribution >= 0.6 is 0 Å². The molecule has 0 radical (unpaired) electrons. The van der Waals surface area contributed by atoms with Crippen molar-refractivity contribution < 1.29 is 14.2 Å². The third-order valence-electron chi connectivity index (χ3n) is 8.11. The summed E-state index contributed by atoms with van der Waals surface area (Å²) in [5.41, 5.74) is 6.89. The zero-order chi connectivity index (χ0) is 28.8. The van der Waals surface area contributed by atoms with E-state index in [4.69, 9.17) is 24.2 Å². The highest BCUT2D eigenvalue weighted by Gasteiger charge is 2.31. The molecular weight excluding hydrogens is 534 g/mol. The second-order valence-electron chi connectivity index (χ2n) is 10.5. The van der Waals surface area contributed by atoms with E-state index in [1.807, 2.05) is 26.4 Å². The summed E-state index contributed by atoms with van der Waals surface area (Å²) in [7, 11) is 6.87. The standard InChI is InChI=1S/C30H31N9O3/c1-37-26(29(40-3)33-35-37)20-16-23-24(31-17-20)21-10-11-22(27-30(41-4)34-36-38(27)2)32-28(21)39(23)25(18-8-6-5-7-9-18)19-12-14-42-15-13-19/h5-11,16-17,19,25H,12-15H2,1-4H3/t25-/m1/s1. The van der Waals surface area contributed by atoms with Gasteiger partial charge in [-0.05, 0) is 42.5 Å². The van der Waals surface area contributed by atoms with Gasteiger partial charge in [-0.15, -0.1) is 0 Å². The Labute approximate surface area is 241 Å². The topological polar surface area (TPSA) is 120 Å². The maximum atomic E-state index is 5.79. The summed E-state index contributed by atoms with van der Waals surface area (Å²) >= 11 is 0. The predicted molar refractivity (Wildman–Crippen MR) is 156 cm³/mol. The smallest absolute Gasteiger partial charge is 0.262 e. The number of fused-ring (bicyclic) bond motifs is 3. The Kier molecular flexibility index (Phi) is 6.54. The summed E-state index contributed by atoms with van der Waals surface area (Å²) in [6, 6.07) is 16.8. The minimum atomic E-state index is -0.00647. The maximum Gasteiger partial charge on any atom is 0.262 e. The highest BCUT2D eigenvalue weighted by atomic mass is 16.5. The average molecular weight is 566 g/mol. The first-order chi connectivity index (χ1) is 20.6. The summed E-state index contributed by atoms with van der Waals surface area (Å²) in [6.07, 6.45) is 3.72. The molecule has 1 atom stereocenters. The van der Waals surface area contributed by atoms with E-state index in [-0.39, 0.29) is 6.04 Å². The molecule has 0 saturated carbocycles. The lowest BCUT2D eigenvalue weighted by Crippen LogP contribution is -2.27. The second-order valence-corrected chi connectivity index (χ2v) is 10.5. The van der Waals surface area contributed by atoms with Crippen molar-refractivity contribution in [2.75, 3.05) is 27.4 Å². The van der Waals surface area contributed by atoms with Gasteiger partial charge in [-0.3, -0.25) is 4.98 Å². The maximum absolute atomic E-state index is 5.79. The van der Waals surface area contributed by atoms with Crippen LogP contribution in [0.15, 0.2) is 54.7 Å².